The molecule has 6 heteroatoms. The number of nitrogens with one attached hydrogen (secondary N) is 1. The molecule has 114 valence electrons. The Morgan fingerprint density at radius 3 is 2.25 bits per heavy atom. The molecule has 1 heterocycles. The van der Waals surface area contributed by atoms with Gasteiger partial charge < -0.3 is 20.4 Å². The second-order valence-corrected chi connectivity index (χ2v) is 7.08. The van der Waals surface area contributed by atoms with Crippen molar-refractivity contribution in [1.29, 1.82) is 0 Å². The van der Waals surface area contributed by atoms with Crippen LogP contribution in [0.15, 0.2) is 0 Å². The number of aliphatic hydroxyl groups is 1. The summed E-state index contributed by atoms with van der Waals surface area (Å²) in [5.41, 5.74) is 0.355. The van der Waals surface area contributed by atoms with E-state index in [2.05, 4.69) is 33.0 Å². The smallest absolute Gasteiger partial charge is 0.326 e. The Hall–Kier alpha value is -1.30. The van der Waals surface area contributed by atoms with Crippen LogP contribution in [-0.2, 0) is 4.79 Å². The van der Waals surface area contributed by atoms with Crippen LogP contribution >= 0.6 is 0 Å². The number of likely N-dealkylation sites (tertiary alicyclic amines) is 1. The fourth-order valence-corrected chi connectivity index (χ4v) is 3.41. The van der Waals surface area contributed by atoms with Crippen molar-refractivity contribution in [2.24, 2.45) is 16.7 Å². The van der Waals surface area contributed by atoms with Crippen molar-refractivity contribution in [3.63, 3.8) is 0 Å². The van der Waals surface area contributed by atoms with Gasteiger partial charge in [-0.3, -0.25) is 0 Å². The first kappa shape index (κ1) is 15.1. The van der Waals surface area contributed by atoms with Crippen LogP contribution in [0.5, 0.6) is 0 Å². The van der Waals surface area contributed by atoms with Crippen molar-refractivity contribution in [2.75, 3.05) is 13.1 Å². The molecule has 1 saturated carbocycles. The lowest BCUT2D eigenvalue weighted by molar-refractivity contribution is -0.141. The van der Waals surface area contributed by atoms with Crippen molar-refractivity contribution in [3.05, 3.63) is 0 Å². The molecule has 0 radical (unpaired) electrons. The van der Waals surface area contributed by atoms with E-state index in [0.717, 1.165) is 0 Å². The highest BCUT2D eigenvalue weighted by Gasteiger charge is 2.64. The van der Waals surface area contributed by atoms with Crippen molar-refractivity contribution in [3.8, 4) is 0 Å². The average Bonchev–Trinajstić information content (AvgIpc) is 2.65. The van der Waals surface area contributed by atoms with Crippen LogP contribution in [0.25, 0.3) is 0 Å². The first-order valence-electron chi connectivity index (χ1n) is 7.04. The van der Waals surface area contributed by atoms with Gasteiger partial charge in [-0.05, 0) is 16.7 Å². The maximum Gasteiger partial charge on any atom is 0.326 e. The number of hydrogen-bond acceptors (Lipinski definition) is 3. The number of urea groups is 1. The lowest BCUT2D eigenvalue weighted by Crippen LogP contribution is -2.46. The van der Waals surface area contributed by atoms with Gasteiger partial charge in [-0.1, -0.05) is 27.7 Å². The number of aliphatic carboxylic acids is 1. The van der Waals surface area contributed by atoms with Gasteiger partial charge in [0.05, 0.1) is 6.10 Å². The molecule has 6 nitrogen and oxygen atoms in total. The van der Waals surface area contributed by atoms with E-state index in [0.29, 0.717) is 12.5 Å². The molecule has 2 amide bonds. The maximum absolute atomic E-state index is 12.1. The van der Waals surface area contributed by atoms with Gasteiger partial charge in [-0.2, -0.15) is 0 Å². The summed E-state index contributed by atoms with van der Waals surface area (Å²) in [6.07, 6.45) is -0.654. The summed E-state index contributed by atoms with van der Waals surface area (Å²) in [6.45, 7) is 9.30. The second-order valence-electron chi connectivity index (χ2n) is 7.08. The number of carboxylic acids is 1. The molecule has 0 aromatic rings. The first-order chi connectivity index (χ1) is 9.09. The fraction of sp³-hybridized carbons (Fsp3) is 0.857. The molecule has 1 aliphatic carbocycles. The maximum atomic E-state index is 12.1. The third-order valence-corrected chi connectivity index (χ3v) is 5.60. The number of carbonyl (C=O) groups excluding carboxylic acids is 1. The molecule has 2 aliphatic rings. The van der Waals surface area contributed by atoms with Gasteiger partial charge in [0.15, 0.2) is 0 Å². The van der Waals surface area contributed by atoms with E-state index in [1.807, 2.05) is 0 Å². The molecule has 1 aliphatic heterocycles. The molecule has 2 unspecified atom stereocenters. The van der Waals surface area contributed by atoms with E-state index >= 15 is 0 Å². The molecule has 0 bridgehead atoms. The van der Waals surface area contributed by atoms with Crippen LogP contribution in [0.4, 0.5) is 4.79 Å². The molecule has 1 saturated heterocycles. The fourth-order valence-electron chi connectivity index (χ4n) is 3.41. The quantitative estimate of drug-likeness (QED) is 0.718. The predicted octanol–water partition coefficient (Wildman–Crippen LogP) is 0.898. The topological polar surface area (TPSA) is 89.9 Å². The number of aliphatic hydroxyl groups excluding tert-OH is 1. The zero-order valence-electron chi connectivity index (χ0n) is 12.5. The normalized spacial score (nSPS) is 31.1. The van der Waals surface area contributed by atoms with Crippen LogP contribution in [0, 0.1) is 16.7 Å². The number of carboxylic acid groups (broad SMARTS) is 1. The first-order valence-corrected chi connectivity index (χ1v) is 7.04. The van der Waals surface area contributed by atoms with Gasteiger partial charge in [0.2, 0.25) is 0 Å². The molecule has 3 N–H and O–H groups in total. The molecule has 0 aromatic carbocycles. The van der Waals surface area contributed by atoms with Gasteiger partial charge in [0.1, 0.15) is 6.04 Å². The summed E-state index contributed by atoms with van der Waals surface area (Å²) in [5.74, 6) is -0.682. The number of amides is 2. The standard InChI is InChI=1S/C14H24N2O4/c1-13(2)10(14(13,3)4)6-15-12(20)16-7-8(17)5-9(16)11(18)19/h8-10,17H,5-7H2,1-4H3,(H,15,20)(H,18,19). The molecule has 20 heavy (non-hydrogen) atoms. The van der Waals surface area contributed by atoms with Gasteiger partial charge in [-0.15, -0.1) is 0 Å². The van der Waals surface area contributed by atoms with Gasteiger partial charge in [0, 0.05) is 19.5 Å². The lowest BCUT2D eigenvalue weighted by atomic mass is 10.0. The number of carbonyl (C=O) groups is 2. The van der Waals surface area contributed by atoms with E-state index in [-0.39, 0.29) is 23.8 Å². The van der Waals surface area contributed by atoms with Crippen LogP contribution in [0.2, 0.25) is 0 Å². The van der Waals surface area contributed by atoms with Gasteiger partial charge in [-0.25, -0.2) is 9.59 Å². The minimum Gasteiger partial charge on any atom is -0.480 e. The average molecular weight is 284 g/mol. The Morgan fingerprint density at radius 2 is 1.80 bits per heavy atom. The Kier molecular flexibility index (Phi) is 3.48. The van der Waals surface area contributed by atoms with Crippen molar-refractivity contribution in [2.45, 2.75) is 46.3 Å². The van der Waals surface area contributed by atoms with E-state index in [1.54, 1.807) is 0 Å². The molecule has 2 fully saturated rings. The number of rotatable bonds is 3. The number of β-amino-alcohol motifs (C(OH)–C–C–N with tert-alkyl or cyclic N) is 1. The molecule has 0 spiro atoms. The van der Waals surface area contributed by atoms with Crippen LogP contribution < -0.4 is 5.32 Å². The van der Waals surface area contributed by atoms with Crippen molar-refractivity contribution < 1.29 is 19.8 Å². The van der Waals surface area contributed by atoms with Crippen molar-refractivity contribution >= 4 is 12.0 Å². The molecule has 2 atom stereocenters. The van der Waals surface area contributed by atoms with Crippen LogP contribution in [0.1, 0.15) is 34.1 Å². The van der Waals surface area contributed by atoms with E-state index in [9.17, 15) is 14.7 Å². The Labute approximate surface area is 119 Å². The second kappa shape index (κ2) is 4.62. The summed E-state index contributed by atoms with van der Waals surface area (Å²) in [4.78, 5) is 24.4. The van der Waals surface area contributed by atoms with Crippen molar-refractivity contribution in [1.82, 2.24) is 10.2 Å². The third-order valence-electron chi connectivity index (χ3n) is 5.60. The molecular formula is C14H24N2O4. The Bertz CT molecular complexity index is 419. The van der Waals surface area contributed by atoms with E-state index in [4.69, 9.17) is 5.11 Å². The SMILES string of the molecule is CC1(C)C(CNC(=O)N2CC(O)CC2C(=O)O)C1(C)C. The minimum atomic E-state index is -1.07. The van der Waals surface area contributed by atoms with E-state index in [1.165, 1.54) is 4.90 Å². The Morgan fingerprint density at radius 1 is 1.25 bits per heavy atom. The summed E-state index contributed by atoms with van der Waals surface area (Å²) < 4.78 is 0. The summed E-state index contributed by atoms with van der Waals surface area (Å²) in [6, 6.07) is -1.32. The monoisotopic (exact) mass is 284 g/mol. The highest BCUT2D eigenvalue weighted by Crippen LogP contribution is 2.67. The molecule has 0 aromatic heterocycles. The summed E-state index contributed by atoms with van der Waals surface area (Å²) >= 11 is 0. The van der Waals surface area contributed by atoms with Gasteiger partial charge >= 0.3 is 12.0 Å². The lowest BCUT2D eigenvalue weighted by Gasteiger charge is -2.21. The Balaban J connectivity index is 1.91. The summed E-state index contributed by atoms with van der Waals surface area (Å²) in [7, 11) is 0. The van der Waals surface area contributed by atoms with Crippen LogP contribution in [0.3, 0.4) is 0 Å². The molecule has 2 rings (SSSR count). The number of hydrogen-bond donors (Lipinski definition) is 3. The third kappa shape index (κ3) is 2.26. The van der Waals surface area contributed by atoms with E-state index < -0.39 is 24.1 Å². The van der Waals surface area contributed by atoms with Gasteiger partial charge in [0.25, 0.3) is 0 Å². The zero-order chi connectivity index (χ0) is 15.3. The summed E-state index contributed by atoms with van der Waals surface area (Å²) in [5, 5.41) is 21.4. The highest BCUT2D eigenvalue weighted by molar-refractivity contribution is 5.83. The minimum absolute atomic E-state index is 0.0836. The highest BCUT2D eigenvalue weighted by atomic mass is 16.4. The molecular weight excluding hydrogens is 260 g/mol. The number of nitrogens with zero attached hydrogens (tertiary/aromatic N) is 1. The zero-order valence-corrected chi connectivity index (χ0v) is 12.5. The van der Waals surface area contributed by atoms with Crippen LogP contribution in [-0.4, -0.2) is 52.3 Å². The largest absolute Gasteiger partial charge is 0.480 e. The predicted molar refractivity (Wildman–Crippen MR) is 73.2 cm³/mol.